The number of benzene rings is 1. The van der Waals surface area contributed by atoms with Crippen molar-refractivity contribution in [3.8, 4) is 22.8 Å². The average Bonchev–Trinajstić information content (AvgIpc) is 3.55. The van der Waals surface area contributed by atoms with E-state index >= 15 is 0 Å². The number of nitrogens with zero attached hydrogens (tertiary/aromatic N) is 7. The van der Waals surface area contributed by atoms with Gasteiger partial charge in [0.15, 0.2) is 5.96 Å². The monoisotopic (exact) mass is 415 g/mol. The first kappa shape index (κ1) is 18.9. The molecule has 1 aromatic carbocycles. The molecule has 156 valence electrons. The Balaban J connectivity index is 1.28. The molecule has 0 aliphatic carbocycles. The summed E-state index contributed by atoms with van der Waals surface area (Å²) in [5.74, 6) is 1.05. The van der Waals surface area contributed by atoms with Crippen LogP contribution >= 0.6 is 0 Å². The van der Waals surface area contributed by atoms with Crippen molar-refractivity contribution >= 4 is 5.96 Å². The van der Waals surface area contributed by atoms with Gasteiger partial charge < -0.3 is 15.2 Å². The van der Waals surface area contributed by atoms with Crippen LogP contribution in [-0.4, -0.2) is 47.5 Å². The Morgan fingerprint density at radius 3 is 2.81 bits per heavy atom. The van der Waals surface area contributed by atoms with Gasteiger partial charge in [0, 0.05) is 18.3 Å². The largest absolute Gasteiger partial charge is 0.370 e. The number of likely N-dealkylation sites (tertiary alicyclic amines) is 1. The average molecular weight is 415 g/mol. The lowest BCUT2D eigenvalue weighted by Gasteiger charge is -2.21. The highest BCUT2D eigenvalue weighted by molar-refractivity contribution is 5.75. The summed E-state index contributed by atoms with van der Waals surface area (Å²) < 4.78 is 7.25. The predicted octanol–water partition coefficient (Wildman–Crippen LogP) is 2.47. The van der Waals surface area contributed by atoms with Gasteiger partial charge in [-0.05, 0) is 30.5 Å². The first-order chi connectivity index (χ1) is 15.2. The minimum atomic E-state index is -0.126. The molecule has 1 fully saturated rings. The minimum absolute atomic E-state index is 0.0333. The van der Waals surface area contributed by atoms with Gasteiger partial charge in [-0.3, -0.25) is 10.4 Å². The van der Waals surface area contributed by atoms with E-state index in [1.54, 1.807) is 15.8 Å². The quantitative estimate of drug-likeness (QED) is 0.375. The summed E-state index contributed by atoms with van der Waals surface area (Å²) in [6.45, 7) is 1.32. The van der Waals surface area contributed by atoms with Crippen LogP contribution in [0.2, 0.25) is 0 Å². The van der Waals surface area contributed by atoms with E-state index in [-0.39, 0.29) is 12.0 Å². The van der Waals surface area contributed by atoms with Gasteiger partial charge in [0.2, 0.25) is 11.7 Å². The number of pyridine rings is 1. The van der Waals surface area contributed by atoms with Crippen LogP contribution in [0, 0.1) is 5.41 Å². The molecule has 1 aliphatic heterocycles. The molecule has 31 heavy (non-hydrogen) atoms. The summed E-state index contributed by atoms with van der Waals surface area (Å²) in [4.78, 5) is 10.6. The molecule has 0 radical (unpaired) electrons. The molecule has 1 unspecified atom stereocenters. The molecule has 10 heteroatoms. The van der Waals surface area contributed by atoms with Crippen LogP contribution in [0.4, 0.5) is 0 Å². The topological polar surface area (TPSA) is 136 Å². The van der Waals surface area contributed by atoms with Gasteiger partial charge >= 0.3 is 0 Å². The molecule has 0 amide bonds. The van der Waals surface area contributed by atoms with Gasteiger partial charge in [-0.15, -0.1) is 5.10 Å². The maximum atomic E-state index is 7.71. The molecule has 1 saturated heterocycles. The number of aromatic nitrogens is 6. The minimum Gasteiger partial charge on any atom is -0.370 e. The van der Waals surface area contributed by atoms with Gasteiger partial charge in [-0.1, -0.05) is 40.7 Å². The lowest BCUT2D eigenvalue weighted by atomic mass is 10.1. The SMILES string of the molecule is N=C(N)N1CCCC1c1nc(-c2ccc(Cn3cc(-c4ccccn4)nn3)cc2)no1. The molecule has 0 saturated carbocycles. The second-order valence-corrected chi connectivity index (χ2v) is 7.41. The highest BCUT2D eigenvalue weighted by Crippen LogP contribution is 2.31. The van der Waals surface area contributed by atoms with E-state index in [0.717, 1.165) is 41.9 Å². The molecule has 0 bridgehead atoms. The Morgan fingerprint density at radius 1 is 1.16 bits per heavy atom. The summed E-state index contributed by atoms with van der Waals surface area (Å²) in [7, 11) is 0. The summed E-state index contributed by atoms with van der Waals surface area (Å²) in [6, 6.07) is 13.5. The number of nitrogens with two attached hydrogens (primary N) is 1. The first-order valence-corrected chi connectivity index (χ1v) is 10.0. The van der Waals surface area contributed by atoms with Crippen LogP contribution in [0.3, 0.4) is 0 Å². The fourth-order valence-electron chi connectivity index (χ4n) is 3.75. The van der Waals surface area contributed by atoms with Crippen LogP contribution in [-0.2, 0) is 6.54 Å². The molecule has 10 nitrogen and oxygen atoms in total. The Labute approximate surface area is 178 Å². The number of guanidine groups is 1. The third-order valence-corrected chi connectivity index (χ3v) is 5.31. The zero-order valence-corrected chi connectivity index (χ0v) is 16.7. The normalized spacial score (nSPS) is 16.0. The molecule has 3 aromatic heterocycles. The number of hydrogen-bond acceptors (Lipinski definition) is 7. The Morgan fingerprint density at radius 2 is 2.03 bits per heavy atom. The van der Waals surface area contributed by atoms with E-state index < -0.39 is 0 Å². The summed E-state index contributed by atoms with van der Waals surface area (Å²) in [5, 5.41) is 20.2. The molecular weight excluding hydrogens is 394 g/mol. The second kappa shape index (κ2) is 7.98. The van der Waals surface area contributed by atoms with Crippen LogP contribution in [0.5, 0.6) is 0 Å². The van der Waals surface area contributed by atoms with Crippen molar-refractivity contribution in [3.05, 3.63) is 66.3 Å². The molecule has 1 atom stereocenters. The fourth-order valence-corrected chi connectivity index (χ4v) is 3.75. The van der Waals surface area contributed by atoms with Gasteiger partial charge in [0.05, 0.1) is 18.4 Å². The Hall–Kier alpha value is -4.08. The predicted molar refractivity (Wildman–Crippen MR) is 113 cm³/mol. The van der Waals surface area contributed by atoms with E-state index in [9.17, 15) is 0 Å². The van der Waals surface area contributed by atoms with Gasteiger partial charge in [-0.25, -0.2) is 4.68 Å². The Bertz CT molecular complexity index is 1180. The molecule has 0 spiro atoms. The zero-order valence-electron chi connectivity index (χ0n) is 16.7. The number of hydrogen-bond donors (Lipinski definition) is 2. The maximum Gasteiger partial charge on any atom is 0.249 e. The third-order valence-electron chi connectivity index (χ3n) is 5.31. The van der Waals surface area contributed by atoms with Crippen molar-refractivity contribution in [2.24, 2.45) is 5.73 Å². The highest BCUT2D eigenvalue weighted by Gasteiger charge is 2.31. The van der Waals surface area contributed by atoms with E-state index in [1.165, 1.54) is 0 Å². The van der Waals surface area contributed by atoms with Crippen molar-refractivity contribution in [2.75, 3.05) is 6.54 Å². The van der Waals surface area contributed by atoms with Crippen LogP contribution in [0.1, 0.15) is 30.3 Å². The second-order valence-electron chi connectivity index (χ2n) is 7.41. The Kier molecular flexibility index (Phi) is 4.87. The summed E-state index contributed by atoms with van der Waals surface area (Å²) in [5.41, 5.74) is 9.13. The number of rotatable bonds is 5. The van der Waals surface area contributed by atoms with Crippen LogP contribution < -0.4 is 5.73 Å². The van der Waals surface area contributed by atoms with E-state index in [2.05, 4.69) is 25.4 Å². The van der Waals surface area contributed by atoms with E-state index in [0.29, 0.717) is 18.3 Å². The lowest BCUT2D eigenvalue weighted by Crippen LogP contribution is -2.35. The molecule has 4 heterocycles. The summed E-state index contributed by atoms with van der Waals surface area (Å²) >= 11 is 0. The van der Waals surface area contributed by atoms with Gasteiger partial charge in [0.25, 0.3) is 0 Å². The van der Waals surface area contributed by atoms with Crippen molar-refractivity contribution in [2.45, 2.75) is 25.4 Å². The molecule has 4 aromatic rings. The number of nitrogens with one attached hydrogen (secondary N) is 1. The van der Waals surface area contributed by atoms with Crippen molar-refractivity contribution in [3.63, 3.8) is 0 Å². The van der Waals surface area contributed by atoms with E-state index in [1.807, 2.05) is 48.7 Å². The van der Waals surface area contributed by atoms with Crippen molar-refractivity contribution < 1.29 is 4.52 Å². The third kappa shape index (κ3) is 3.87. The molecule has 3 N–H and O–H groups in total. The lowest BCUT2D eigenvalue weighted by molar-refractivity contribution is 0.283. The van der Waals surface area contributed by atoms with E-state index in [4.69, 9.17) is 15.7 Å². The zero-order chi connectivity index (χ0) is 21.2. The molecular formula is C21H21N9O. The standard InChI is InChI=1S/C21H21N9O/c22-21(23)30-11-3-5-18(30)20-25-19(27-31-20)15-8-6-14(7-9-15)12-29-13-17(26-28-29)16-4-1-2-10-24-16/h1-2,4,6-10,13,18H,3,5,11-12H2,(H3,22,23). The van der Waals surface area contributed by atoms with Gasteiger partial charge in [0.1, 0.15) is 11.7 Å². The maximum absolute atomic E-state index is 7.71. The molecule has 5 rings (SSSR count). The fraction of sp³-hybridized carbons (Fsp3) is 0.238. The van der Waals surface area contributed by atoms with Crippen molar-refractivity contribution in [1.82, 2.24) is 35.0 Å². The summed E-state index contributed by atoms with van der Waals surface area (Å²) in [6.07, 6.45) is 5.41. The first-order valence-electron chi connectivity index (χ1n) is 10.0. The van der Waals surface area contributed by atoms with Crippen molar-refractivity contribution in [1.29, 1.82) is 5.41 Å². The highest BCUT2D eigenvalue weighted by atomic mass is 16.5. The smallest absolute Gasteiger partial charge is 0.249 e. The van der Waals surface area contributed by atoms with Crippen LogP contribution in [0.15, 0.2) is 59.4 Å². The van der Waals surface area contributed by atoms with Crippen LogP contribution in [0.25, 0.3) is 22.8 Å². The molecule has 1 aliphatic rings. The van der Waals surface area contributed by atoms with Gasteiger partial charge in [-0.2, -0.15) is 4.98 Å².